The van der Waals surface area contributed by atoms with E-state index in [9.17, 15) is 19.2 Å². The SMILES string of the molecule is Cn1c(=O)n(C)c2cc(/C=C3/SC(=O)N(CC(=O)Nc4ccccc4)C3=O)ccc21. The summed E-state index contributed by atoms with van der Waals surface area (Å²) in [6.07, 6.45) is 1.59. The van der Waals surface area contributed by atoms with Crippen molar-refractivity contribution in [2.75, 3.05) is 11.9 Å². The molecule has 0 unspecified atom stereocenters. The lowest BCUT2D eigenvalue weighted by atomic mass is 10.2. The molecule has 3 aromatic rings. The van der Waals surface area contributed by atoms with Crippen molar-refractivity contribution in [3.8, 4) is 0 Å². The van der Waals surface area contributed by atoms with Crippen LogP contribution in [0.3, 0.4) is 0 Å². The maximum Gasteiger partial charge on any atom is 0.328 e. The van der Waals surface area contributed by atoms with Gasteiger partial charge < -0.3 is 5.32 Å². The number of rotatable bonds is 4. The number of anilines is 1. The van der Waals surface area contributed by atoms with E-state index in [0.29, 0.717) is 11.3 Å². The lowest BCUT2D eigenvalue weighted by molar-refractivity contribution is -0.127. The van der Waals surface area contributed by atoms with Crippen LogP contribution in [0.15, 0.2) is 58.2 Å². The van der Waals surface area contributed by atoms with Crippen LogP contribution in [-0.4, -0.2) is 37.6 Å². The number of thioether (sulfide) groups is 1. The van der Waals surface area contributed by atoms with Gasteiger partial charge in [-0.1, -0.05) is 24.3 Å². The zero-order valence-electron chi connectivity index (χ0n) is 16.3. The first-order valence-corrected chi connectivity index (χ1v) is 9.92. The molecule has 0 aliphatic carbocycles. The molecule has 0 spiro atoms. The Labute approximate surface area is 175 Å². The van der Waals surface area contributed by atoms with Crippen molar-refractivity contribution in [2.24, 2.45) is 14.1 Å². The van der Waals surface area contributed by atoms with Crippen LogP contribution in [0.1, 0.15) is 5.56 Å². The molecule has 3 amide bonds. The average Bonchev–Trinajstić information content (AvgIpc) is 3.11. The summed E-state index contributed by atoms with van der Waals surface area (Å²) in [5, 5.41) is 2.16. The third-order valence-electron chi connectivity index (χ3n) is 4.83. The van der Waals surface area contributed by atoms with Crippen LogP contribution in [0.4, 0.5) is 10.5 Å². The largest absolute Gasteiger partial charge is 0.328 e. The molecule has 2 aromatic carbocycles. The molecule has 152 valence electrons. The molecule has 2 heterocycles. The highest BCUT2D eigenvalue weighted by Gasteiger charge is 2.36. The van der Waals surface area contributed by atoms with Gasteiger partial charge in [0, 0.05) is 19.8 Å². The second-order valence-electron chi connectivity index (χ2n) is 6.83. The molecular formula is C21H18N4O4S. The number of fused-ring (bicyclic) bond motifs is 1. The van der Waals surface area contributed by atoms with E-state index in [1.54, 1.807) is 67.2 Å². The van der Waals surface area contributed by atoms with Gasteiger partial charge in [-0.3, -0.25) is 28.4 Å². The number of imidazole rings is 1. The molecule has 8 nitrogen and oxygen atoms in total. The predicted molar refractivity (Wildman–Crippen MR) is 116 cm³/mol. The van der Waals surface area contributed by atoms with Crippen molar-refractivity contribution in [2.45, 2.75) is 0 Å². The van der Waals surface area contributed by atoms with Gasteiger partial charge in [0.2, 0.25) is 5.91 Å². The Morgan fingerprint density at radius 2 is 1.70 bits per heavy atom. The number of hydrogen-bond acceptors (Lipinski definition) is 5. The summed E-state index contributed by atoms with van der Waals surface area (Å²) in [6, 6.07) is 14.2. The average molecular weight is 422 g/mol. The van der Waals surface area contributed by atoms with Crippen molar-refractivity contribution < 1.29 is 14.4 Å². The Hall–Kier alpha value is -3.59. The highest BCUT2D eigenvalue weighted by molar-refractivity contribution is 8.18. The smallest absolute Gasteiger partial charge is 0.325 e. The molecule has 1 saturated heterocycles. The number of amides is 3. The molecule has 1 aliphatic heterocycles. The summed E-state index contributed by atoms with van der Waals surface area (Å²) in [5.74, 6) is -0.972. The highest BCUT2D eigenvalue weighted by Crippen LogP contribution is 2.32. The van der Waals surface area contributed by atoms with E-state index >= 15 is 0 Å². The van der Waals surface area contributed by atoms with Gasteiger partial charge in [0.25, 0.3) is 11.1 Å². The van der Waals surface area contributed by atoms with E-state index < -0.39 is 17.1 Å². The lowest BCUT2D eigenvalue weighted by Gasteiger charge is -2.12. The Bertz CT molecular complexity index is 1270. The van der Waals surface area contributed by atoms with E-state index in [1.807, 2.05) is 6.07 Å². The molecule has 0 saturated carbocycles. The van der Waals surface area contributed by atoms with Gasteiger partial charge in [0.1, 0.15) is 6.54 Å². The second kappa shape index (κ2) is 7.68. The van der Waals surface area contributed by atoms with Crippen molar-refractivity contribution in [1.29, 1.82) is 0 Å². The molecule has 1 fully saturated rings. The fraction of sp³-hybridized carbons (Fsp3) is 0.143. The first kappa shape index (κ1) is 19.7. The summed E-state index contributed by atoms with van der Waals surface area (Å²) in [6.45, 7) is -0.358. The van der Waals surface area contributed by atoms with E-state index in [-0.39, 0.29) is 17.1 Å². The number of nitrogens with one attached hydrogen (secondary N) is 1. The number of imide groups is 1. The molecule has 9 heteroatoms. The third kappa shape index (κ3) is 3.55. The minimum Gasteiger partial charge on any atom is -0.325 e. The van der Waals surface area contributed by atoms with Crippen molar-refractivity contribution in [3.05, 3.63) is 69.5 Å². The monoisotopic (exact) mass is 422 g/mol. The van der Waals surface area contributed by atoms with E-state index in [2.05, 4.69) is 5.32 Å². The van der Waals surface area contributed by atoms with E-state index in [1.165, 1.54) is 4.57 Å². The Morgan fingerprint density at radius 3 is 2.43 bits per heavy atom. The summed E-state index contributed by atoms with van der Waals surface area (Å²) in [4.78, 5) is 50.4. The number of aryl methyl sites for hydroxylation is 2. The van der Waals surface area contributed by atoms with Gasteiger partial charge in [0.15, 0.2) is 0 Å². The maximum absolute atomic E-state index is 12.7. The number of nitrogens with zero attached hydrogens (tertiary/aromatic N) is 3. The van der Waals surface area contributed by atoms with Crippen LogP contribution < -0.4 is 11.0 Å². The fourth-order valence-electron chi connectivity index (χ4n) is 3.27. The van der Waals surface area contributed by atoms with Gasteiger partial charge in [-0.2, -0.15) is 0 Å². The first-order valence-electron chi connectivity index (χ1n) is 9.11. The highest BCUT2D eigenvalue weighted by atomic mass is 32.2. The van der Waals surface area contributed by atoms with Crippen LogP contribution in [0, 0.1) is 0 Å². The van der Waals surface area contributed by atoms with Crippen LogP contribution in [0.2, 0.25) is 0 Å². The Kier molecular flexibility index (Phi) is 5.04. The standard InChI is InChI=1S/C21H18N4O4S/c1-23-15-9-8-13(10-16(15)24(2)20(23)28)11-17-19(27)25(21(29)30-17)12-18(26)22-14-6-4-3-5-7-14/h3-11H,12H2,1-2H3,(H,22,26)/b17-11+. The van der Waals surface area contributed by atoms with Crippen molar-refractivity contribution in [3.63, 3.8) is 0 Å². The minimum atomic E-state index is -0.518. The molecular weight excluding hydrogens is 404 g/mol. The summed E-state index contributed by atoms with van der Waals surface area (Å²) in [5.41, 5.74) is 2.62. The van der Waals surface area contributed by atoms with Crippen molar-refractivity contribution in [1.82, 2.24) is 14.0 Å². The van der Waals surface area contributed by atoms with Gasteiger partial charge >= 0.3 is 5.69 Å². The number of hydrogen-bond donors (Lipinski definition) is 1. The summed E-state index contributed by atoms with van der Waals surface area (Å²) < 4.78 is 3.06. The van der Waals surface area contributed by atoms with Gasteiger partial charge in [-0.25, -0.2) is 4.79 Å². The maximum atomic E-state index is 12.7. The van der Waals surface area contributed by atoms with Gasteiger partial charge in [-0.05, 0) is 47.7 Å². The number of carbonyl (C=O) groups excluding carboxylic acids is 3. The topological polar surface area (TPSA) is 93.4 Å². The van der Waals surface area contributed by atoms with Crippen molar-refractivity contribution >= 4 is 51.6 Å². The quantitative estimate of drug-likeness (QED) is 0.653. The van der Waals surface area contributed by atoms with Crippen LogP contribution >= 0.6 is 11.8 Å². The number of benzene rings is 2. The summed E-state index contributed by atoms with van der Waals surface area (Å²) in [7, 11) is 3.36. The minimum absolute atomic E-state index is 0.146. The van der Waals surface area contributed by atoms with E-state index in [4.69, 9.17) is 0 Å². The molecule has 0 radical (unpaired) electrons. The van der Waals surface area contributed by atoms with Crippen LogP contribution in [-0.2, 0) is 23.7 Å². The molecule has 4 rings (SSSR count). The van der Waals surface area contributed by atoms with E-state index in [0.717, 1.165) is 27.7 Å². The molecule has 1 aromatic heterocycles. The number of carbonyl (C=O) groups is 3. The molecule has 30 heavy (non-hydrogen) atoms. The van der Waals surface area contributed by atoms with Crippen LogP contribution in [0.5, 0.6) is 0 Å². The first-order chi connectivity index (χ1) is 14.3. The molecule has 0 atom stereocenters. The second-order valence-corrected chi connectivity index (χ2v) is 7.82. The van der Waals surface area contributed by atoms with Gasteiger partial charge in [-0.15, -0.1) is 0 Å². The number of para-hydroxylation sites is 1. The zero-order valence-corrected chi connectivity index (χ0v) is 17.1. The third-order valence-corrected chi connectivity index (χ3v) is 5.73. The molecule has 1 N–H and O–H groups in total. The fourth-order valence-corrected chi connectivity index (χ4v) is 4.11. The predicted octanol–water partition coefficient (Wildman–Crippen LogP) is 2.55. The zero-order chi connectivity index (χ0) is 21.4. The normalized spacial score (nSPS) is 15.4. The molecule has 0 bridgehead atoms. The summed E-state index contributed by atoms with van der Waals surface area (Å²) >= 11 is 0.788. The number of aromatic nitrogens is 2. The van der Waals surface area contributed by atoms with Gasteiger partial charge in [0.05, 0.1) is 15.9 Å². The Morgan fingerprint density at radius 1 is 1.00 bits per heavy atom. The Balaban J connectivity index is 1.54. The molecule has 1 aliphatic rings. The lowest BCUT2D eigenvalue weighted by Crippen LogP contribution is -2.36. The van der Waals surface area contributed by atoms with Crippen LogP contribution in [0.25, 0.3) is 17.1 Å².